The van der Waals surface area contributed by atoms with Gasteiger partial charge in [0.05, 0.1) is 16.9 Å². The van der Waals surface area contributed by atoms with Gasteiger partial charge in [0.1, 0.15) is 4.88 Å². The average Bonchev–Trinajstić information content (AvgIpc) is 3.13. The van der Waals surface area contributed by atoms with E-state index < -0.39 is 0 Å². The van der Waals surface area contributed by atoms with Crippen molar-refractivity contribution in [3.63, 3.8) is 0 Å². The topological polar surface area (TPSA) is 71.1 Å². The summed E-state index contributed by atoms with van der Waals surface area (Å²) >= 11 is 13.0. The van der Waals surface area contributed by atoms with Crippen LogP contribution < -0.4 is 10.6 Å². The molecule has 2 amide bonds. The number of thiazole rings is 1. The number of hydrogen-bond donors (Lipinski definition) is 2. The third-order valence-electron chi connectivity index (χ3n) is 3.78. The molecule has 8 heteroatoms. The maximum absolute atomic E-state index is 12.4. The summed E-state index contributed by atoms with van der Waals surface area (Å²) in [6, 6.07) is 12.3. The number of benzene rings is 2. The number of nitrogens with zero attached hydrogens (tertiary/aromatic N) is 1. The summed E-state index contributed by atoms with van der Waals surface area (Å²) in [7, 11) is 0. The zero-order chi connectivity index (χ0) is 19.4. The van der Waals surface area contributed by atoms with Gasteiger partial charge in [0.15, 0.2) is 5.13 Å². The van der Waals surface area contributed by atoms with Gasteiger partial charge in [-0.15, -0.1) is 11.6 Å². The molecule has 3 aromatic rings. The van der Waals surface area contributed by atoms with Crippen molar-refractivity contribution in [2.45, 2.75) is 12.8 Å². The predicted molar refractivity (Wildman–Crippen MR) is 110 cm³/mol. The van der Waals surface area contributed by atoms with Crippen LogP contribution in [0.3, 0.4) is 0 Å². The van der Waals surface area contributed by atoms with Crippen LogP contribution in [0.4, 0.5) is 10.8 Å². The minimum atomic E-state index is -0.337. The first-order chi connectivity index (χ1) is 13.0. The molecular weight excluding hydrogens is 405 g/mol. The lowest BCUT2D eigenvalue weighted by Crippen LogP contribution is -2.12. The van der Waals surface area contributed by atoms with E-state index in [2.05, 4.69) is 15.6 Å². The van der Waals surface area contributed by atoms with Crippen molar-refractivity contribution in [2.24, 2.45) is 0 Å². The number of rotatable bonds is 5. The predicted octanol–water partition coefficient (Wildman–Crippen LogP) is 5.35. The fraction of sp³-hybridized carbons (Fsp3) is 0.105. The van der Waals surface area contributed by atoms with Crippen molar-refractivity contribution in [1.82, 2.24) is 4.98 Å². The van der Waals surface area contributed by atoms with Crippen LogP contribution in [0.1, 0.15) is 31.2 Å². The lowest BCUT2D eigenvalue weighted by atomic mass is 10.1. The summed E-state index contributed by atoms with van der Waals surface area (Å²) < 4.78 is 0. The highest BCUT2D eigenvalue weighted by Crippen LogP contribution is 2.27. The first kappa shape index (κ1) is 19.4. The van der Waals surface area contributed by atoms with E-state index >= 15 is 0 Å². The molecule has 5 nitrogen and oxygen atoms in total. The number of carbonyl (C=O) groups excluding carboxylic acids is 2. The lowest BCUT2D eigenvalue weighted by Gasteiger charge is -2.08. The van der Waals surface area contributed by atoms with Gasteiger partial charge in [-0.1, -0.05) is 47.2 Å². The second-order valence-corrected chi connectivity index (χ2v) is 7.41. The van der Waals surface area contributed by atoms with Crippen molar-refractivity contribution in [2.75, 3.05) is 10.6 Å². The van der Waals surface area contributed by atoms with Crippen LogP contribution in [0.2, 0.25) is 5.02 Å². The van der Waals surface area contributed by atoms with Crippen molar-refractivity contribution in [1.29, 1.82) is 0 Å². The molecule has 27 heavy (non-hydrogen) atoms. The first-order valence-electron chi connectivity index (χ1n) is 7.96. The van der Waals surface area contributed by atoms with Crippen LogP contribution in [0.25, 0.3) is 0 Å². The van der Waals surface area contributed by atoms with Gasteiger partial charge in [-0.25, -0.2) is 4.98 Å². The Kier molecular flexibility index (Phi) is 6.11. The molecule has 0 aliphatic heterocycles. The Hall–Kier alpha value is -2.41. The Morgan fingerprint density at radius 2 is 1.81 bits per heavy atom. The van der Waals surface area contributed by atoms with Crippen LogP contribution in [0, 0.1) is 6.92 Å². The second kappa shape index (κ2) is 8.52. The molecule has 0 fully saturated rings. The highest BCUT2D eigenvalue weighted by Gasteiger charge is 2.15. The summed E-state index contributed by atoms with van der Waals surface area (Å²) in [4.78, 5) is 29.2. The van der Waals surface area contributed by atoms with E-state index in [-0.39, 0.29) is 11.8 Å². The molecule has 2 N–H and O–H groups in total. The number of nitrogens with one attached hydrogen (secondary N) is 2. The van der Waals surface area contributed by atoms with Gasteiger partial charge in [-0.3, -0.25) is 14.9 Å². The zero-order valence-electron chi connectivity index (χ0n) is 14.3. The SMILES string of the molecule is Cc1cccc(Cl)c1NC(=O)c1cnc(NC(=O)c2ccc(CCl)cc2)s1. The molecule has 0 aliphatic rings. The van der Waals surface area contributed by atoms with Crippen LogP contribution in [-0.4, -0.2) is 16.8 Å². The summed E-state index contributed by atoms with van der Waals surface area (Å²) in [6.45, 7) is 1.86. The lowest BCUT2D eigenvalue weighted by molar-refractivity contribution is 0.102. The molecule has 0 unspecified atom stereocenters. The molecule has 0 bridgehead atoms. The number of amides is 2. The number of para-hydroxylation sites is 1. The fourth-order valence-electron chi connectivity index (χ4n) is 2.32. The van der Waals surface area contributed by atoms with Gasteiger partial charge < -0.3 is 5.32 Å². The molecule has 2 aromatic carbocycles. The second-order valence-electron chi connectivity index (χ2n) is 5.70. The monoisotopic (exact) mass is 419 g/mol. The molecule has 1 aromatic heterocycles. The number of alkyl halides is 1. The Labute approximate surface area is 170 Å². The van der Waals surface area contributed by atoms with E-state index in [1.54, 1.807) is 30.3 Å². The Morgan fingerprint density at radius 3 is 2.48 bits per heavy atom. The van der Waals surface area contributed by atoms with Crippen molar-refractivity contribution < 1.29 is 9.59 Å². The first-order valence-corrected chi connectivity index (χ1v) is 9.69. The third-order valence-corrected chi connectivity index (χ3v) is 5.32. The van der Waals surface area contributed by atoms with E-state index in [0.29, 0.717) is 32.2 Å². The number of anilines is 2. The molecule has 0 aliphatic carbocycles. The molecule has 0 atom stereocenters. The van der Waals surface area contributed by atoms with E-state index in [4.69, 9.17) is 23.2 Å². The largest absolute Gasteiger partial charge is 0.320 e. The van der Waals surface area contributed by atoms with E-state index in [1.807, 2.05) is 19.1 Å². The standard InChI is InChI=1S/C19H15Cl2N3O2S/c1-11-3-2-4-14(21)16(11)23-18(26)15-10-22-19(27-15)24-17(25)13-7-5-12(9-20)6-8-13/h2-8,10H,9H2,1H3,(H,23,26)(H,22,24,25). The Balaban J connectivity index is 1.68. The van der Waals surface area contributed by atoms with Gasteiger partial charge in [-0.2, -0.15) is 0 Å². The van der Waals surface area contributed by atoms with Crippen LogP contribution in [-0.2, 0) is 5.88 Å². The Morgan fingerprint density at radius 1 is 1.07 bits per heavy atom. The molecule has 0 saturated carbocycles. The number of aromatic nitrogens is 1. The minimum Gasteiger partial charge on any atom is -0.320 e. The fourth-order valence-corrected chi connectivity index (χ4v) is 3.47. The molecular formula is C19H15Cl2N3O2S. The maximum atomic E-state index is 12.4. The van der Waals surface area contributed by atoms with Crippen LogP contribution >= 0.6 is 34.5 Å². The molecule has 1 heterocycles. The quantitative estimate of drug-likeness (QED) is 0.547. The van der Waals surface area contributed by atoms with Gasteiger partial charge in [0, 0.05) is 11.4 Å². The average molecular weight is 420 g/mol. The molecule has 0 spiro atoms. The van der Waals surface area contributed by atoms with Gasteiger partial charge in [-0.05, 0) is 36.2 Å². The van der Waals surface area contributed by atoms with Crippen LogP contribution in [0.15, 0.2) is 48.7 Å². The van der Waals surface area contributed by atoms with Crippen molar-refractivity contribution in [3.8, 4) is 0 Å². The van der Waals surface area contributed by atoms with E-state index in [9.17, 15) is 9.59 Å². The summed E-state index contributed by atoms with van der Waals surface area (Å²) in [5, 5.41) is 6.26. The number of aryl methyl sites for hydroxylation is 1. The summed E-state index contributed by atoms with van der Waals surface area (Å²) in [6.07, 6.45) is 1.42. The molecule has 138 valence electrons. The number of carbonyl (C=O) groups is 2. The highest BCUT2D eigenvalue weighted by atomic mass is 35.5. The molecule has 0 radical (unpaired) electrons. The maximum Gasteiger partial charge on any atom is 0.267 e. The van der Waals surface area contributed by atoms with Crippen LogP contribution in [0.5, 0.6) is 0 Å². The van der Waals surface area contributed by atoms with Crippen molar-refractivity contribution >= 4 is 57.2 Å². The number of halogens is 2. The van der Waals surface area contributed by atoms with E-state index in [0.717, 1.165) is 22.5 Å². The normalized spacial score (nSPS) is 10.5. The third kappa shape index (κ3) is 4.66. The van der Waals surface area contributed by atoms with Gasteiger partial charge in [0.25, 0.3) is 11.8 Å². The van der Waals surface area contributed by atoms with Gasteiger partial charge in [0.2, 0.25) is 0 Å². The Bertz CT molecular complexity index is 967. The van der Waals surface area contributed by atoms with E-state index in [1.165, 1.54) is 6.20 Å². The van der Waals surface area contributed by atoms with Gasteiger partial charge >= 0.3 is 0 Å². The molecule has 3 rings (SSSR count). The highest BCUT2D eigenvalue weighted by molar-refractivity contribution is 7.17. The number of hydrogen-bond acceptors (Lipinski definition) is 4. The molecule has 0 saturated heterocycles. The summed E-state index contributed by atoms with van der Waals surface area (Å²) in [5.74, 6) is -0.257. The smallest absolute Gasteiger partial charge is 0.267 e. The zero-order valence-corrected chi connectivity index (χ0v) is 16.6. The minimum absolute atomic E-state index is 0.306. The van der Waals surface area contributed by atoms with Crippen molar-refractivity contribution in [3.05, 3.63) is 75.3 Å². The summed E-state index contributed by atoms with van der Waals surface area (Å²) in [5.41, 5.74) is 2.82.